The van der Waals surface area contributed by atoms with Crippen LogP contribution in [-0.2, 0) is 23.8 Å². The van der Waals surface area contributed by atoms with Crippen molar-refractivity contribution in [3.05, 3.63) is 0 Å². The highest BCUT2D eigenvalue weighted by Gasteiger charge is 2.11. The molecule has 0 aromatic rings. The summed E-state index contributed by atoms with van der Waals surface area (Å²) >= 11 is 0. The molecule has 0 aromatic carbocycles. The summed E-state index contributed by atoms with van der Waals surface area (Å²) in [6, 6.07) is 0. The largest absolute Gasteiger partial charge is 0.509 e. The summed E-state index contributed by atoms with van der Waals surface area (Å²) in [5.41, 5.74) is 0. The van der Waals surface area contributed by atoms with Gasteiger partial charge in [-0.3, -0.25) is 4.18 Å². The molecule has 7 heteroatoms. The zero-order chi connectivity index (χ0) is 13.1. The molecule has 0 radical (unpaired) electrons. The molecule has 0 aromatic heterocycles. The Kier molecular flexibility index (Phi) is 7.61. The van der Waals surface area contributed by atoms with Gasteiger partial charge in [-0.25, -0.2) is 4.79 Å². The number of ether oxygens (including phenoxy) is 2. The number of carbonyl (C=O) groups is 1. The molecule has 0 N–H and O–H groups in total. The van der Waals surface area contributed by atoms with Gasteiger partial charge in [-0.1, -0.05) is 11.8 Å². The fraction of sp³-hybridized carbons (Fsp3) is 0.500. The summed E-state index contributed by atoms with van der Waals surface area (Å²) in [4.78, 5) is 10.8. The van der Waals surface area contributed by atoms with E-state index in [4.69, 9.17) is 12.8 Å². The summed E-state index contributed by atoms with van der Waals surface area (Å²) in [7, 11) is -3.67. The molecule has 0 aliphatic carbocycles. The molecule has 0 fully saturated rings. The van der Waals surface area contributed by atoms with E-state index in [2.05, 4.69) is 19.6 Å². The number of rotatable bonds is 7. The Hall–Kier alpha value is -1.70. The van der Waals surface area contributed by atoms with Gasteiger partial charge in [0.2, 0.25) is 0 Å². The Bertz CT molecular complexity index is 411. The maximum absolute atomic E-state index is 11.1. The van der Waals surface area contributed by atoms with Crippen molar-refractivity contribution in [3.8, 4) is 24.7 Å². The van der Waals surface area contributed by atoms with Gasteiger partial charge in [0.25, 0.3) is 10.1 Å². The Morgan fingerprint density at radius 3 is 2.35 bits per heavy atom. The molecule has 0 unspecified atom stereocenters. The summed E-state index contributed by atoms with van der Waals surface area (Å²) in [5, 5.41) is 0. The monoisotopic (exact) mass is 260 g/mol. The van der Waals surface area contributed by atoms with Crippen LogP contribution in [0, 0.1) is 24.7 Å². The highest BCUT2D eigenvalue weighted by Crippen LogP contribution is 1.97. The molecule has 0 saturated carbocycles. The molecular formula is C10H12O6S. The van der Waals surface area contributed by atoms with Gasteiger partial charge in [-0.05, 0) is 6.42 Å². The molecule has 0 rings (SSSR count). The number of terminal acetylenes is 2. The number of hydrogen-bond donors (Lipinski definition) is 0. The van der Waals surface area contributed by atoms with Gasteiger partial charge in [0.05, 0.1) is 12.4 Å². The van der Waals surface area contributed by atoms with Crippen LogP contribution >= 0.6 is 0 Å². The molecule has 0 atom stereocenters. The lowest BCUT2D eigenvalue weighted by Crippen LogP contribution is -2.14. The van der Waals surface area contributed by atoms with Crippen LogP contribution in [0.15, 0.2) is 0 Å². The van der Waals surface area contributed by atoms with E-state index >= 15 is 0 Å². The van der Waals surface area contributed by atoms with Crippen molar-refractivity contribution < 1.29 is 26.9 Å². The van der Waals surface area contributed by atoms with Gasteiger partial charge in [0.15, 0.2) is 6.61 Å². The zero-order valence-electron chi connectivity index (χ0n) is 9.05. The lowest BCUT2D eigenvalue weighted by Gasteiger charge is -2.04. The average molecular weight is 260 g/mol. The predicted octanol–water partition coefficient (Wildman–Crippen LogP) is 0.143. The summed E-state index contributed by atoms with van der Waals surface area (Å²) in [6.45, 7) is -0.613. The molecule has 0 aliphatic heterocycles. The SMILES string of the molecule is C#CCOC(=O)OCCCS(=O)(=O)OCC#C. The molecule has 94 valence electrons. The fourth-order valence-corrected chi connectivity index (χ4v) is 1.55. The van der Waals surface area contributed by atoms with E-state index in [1.54, 1.807) is 0 Å². The lowest BCUT2D eigenvalue weighted by molar-refractivity contribution is 0.0646. The van der Waals surface area contributed by atoms with Crippen LogP contribution in [0.3, 0.4) is 0 Å². The van der Waals surface area contributed by atoms with Gasteiger partial charge in [0, 0.05) is 0 Å². The second-order valence-corrected chi connectivity index (χ2v) is 4.43. The van der Waals surface area contributed by atoms with Gasteiger partial charge < -0.3 is 9.47 Å². The van der Waals surface area contributed by atoms with Crippen LogP contribution < -0.4 is 0 Å². The number of carbonyl (C=O) groups excluding carboxylic acids is 1. The van der Waals surface area contributed by atoms with Gasteiger partial charge >= 0.3 is 6.16 Å². The first-order valence-electron chi connectivity index (χ1n) is 4.55. The quantitative estimate of drug-likeness (QED) is 0.280. The third-order valence-corrected chi connectivity index (χ3v) is 2.62. The Labute approximate surface area is 100 Å². The summed E-state index contributed by atoms with van der Waals surface area (Å²) in [5.74, 6) is 3.81. The molecule has 0 aliphatic rings. The van der Waals surface area contributed by atoms with E-state index in [0.717, 1.165) is 0 Å². The molecule has 17 heavy (non-hydrogen) atoms. The van der Waals surface area contributed by atoms with E-state index in [0.29, 0.717) is 0 Å². The minimum absolute atomic E-state index is 0.0814. The van der Waals surface area contributed by atoms with Crippen LogP contribution in [0.2, 0.25) is 0 Å². The maximum atomic E-state index is 11.1. The van der Waals surface area contributed by atoms with Gasteiger partial charge in [-0.2, -0.15) is 8.42 Å². The van der Waals surface area contributed by atoms with Gasteiger partial charge in [0.1, 0.15) is 6.61 Å². The average Bonchev–Trinajstić information content (AvgIpc) is 2.29. The van der Waals surface area contributed by atoms with Crippen molar-refractivity contribution in [2.24, 2.45) is 0 Å². The van der Waals surface area contributed by atoms with E-state index in [-0.39, 0.29) is 32.0 Å². The summed E-state index contributed by atoms with van der Waals surface area (Å²) < 4.78 is 35.5. The smallest absolute Gasteiger partial charge is 0.434 e. The minimum atomic E-state index is -3.67. The van der Waals surface area contributed by atoms with E-state index in [9.17, 15) is 13.2 Å². The first kappa shape index (κ1) is 15.3. The molecule has 0 heterocycles. The van der Waals surface area contributed by atoms with Crippen molar-refractivity contribution in [1.29, 1.82) is 0 Å². The Balaban J connectivity index is 3.68. The third-order valence-electron chi connectivity index (χ3n) is 1.35. The standard InChI is InChI=1S/C10H12O6S/c1-3-6-14-10(11)15-8-5-9-17(12,13)16-7-4-2/h1-2H,5-9H2. The van der Waals surface area contributed by atoms with Crippen LogP contribution in [0.4, 0.5) is 4.79 Å². The Morgan fingerprint density at radius 2 is 1.76 bits per heavy atom. The Morgan fingerprint density at radius 1 is 1.12 bits per heavy atom. The first-order valence-corrected chi connectivity index (χ1v) is 6.13. The van der Waals surface area contributed by atoms with Crippen LogP contribution in [0.1, 0.15) is 6.42 Å². The molecule has 0 saturated heterocycles. The topological polar surface area (TPSA) is 78.9 Å². The zero-order valence-corrected chi connectivity index (χ0v) is 9.86. The van der Waals surface area contributed by atoms with Crippen molar-refractivity contribution in [1.82, 2.24) is 0 Å². The fourth-order valence-electron chi connectivity index (χ4n) is 0.716. The van der Waals surface area contributed by atoms with Crippen molar-refractivity contribution in [2.75, 3.05) is 25.6 Å². The van der Waals surface area contributed by atoms with E-state index in [1.165, 1.54) is 0 Å². The highest BCUT2D eigenvalue weighted by molar-refractivity contribution is 7.86. The molecular weight excluding hydrogens is 248 g/mol. The molecule has 0 bridgehead atoms. The molecule has 0 spiro atoms. The van der Waals surface area contributed by atoms with Gasteiger partial charge in [-0.15, -0.1) is 12.8 Å². The second-order valence-electron chi connectivity index (χ2n) is 2.67. The normalized spacial score (nSPS) is 10.0. The van der Waals surface area contributed by atoms with Crippen molar-refractivity contribution >= 4 is 16.3 Å². The molecule has 6 nitrogen and oxygen atoms in total. The van der Waals surface area contributed by atoms with E-state index in [1.807, 2.05) is 5.92 Å². The van der Waals surface area contributed by atoms with Crippen LogP contribution in [0.25, 0.3) is 0 Å². The third kappa shape index (κ3) is 9.24. The lowest BCUT2D eigenvalue weighted by atomic mass is 10.5. The number of hydrogen-bond acceptors (Lipinski definition) is 6. The first-order chi connectivity index (χ1) is 8.02. The van der Waals surface area contributed by atoms with Crippen molar-refractivity contribution in [2.45, 2.75) is 6.42 Å². The highest BCUT2D eigenvalue weighted by atomic mass is 32.2. The van der Waals surface area contributed by atoms with Crippen molar-refractivity contribution in [3.63, 3.8) is 0 Å². The maximum Gasteiger partial charge on any atom is 0.509 e. The summed E-state index contributed by atoms with van der Waals surface area (Å²) in [6.07, 6.45) is 8.82. The van der Waals surface area contributed by atoms with E-state index < -0.39 is 16.3 Å². The van der Waals surface area contributed by atoms with Crippen LogP contribution in [-0.4, -0.2) is 40.1 Å². The minimum Gasteiger partial charge on any atom is -0.434 e. The van der Waals surface area contributed by atoms with Crippen LogP contribution in [0.5, 0.6) is 0 Å². The molecule has 0 amide bonds. The second kappa shape index (κ2) is 8.45. The predicted molar refractivity (Wildman–Crippen MR) is 59.3 cm³/mol.